The number of aliphatic hydroxyl groups excluding tert-OH is 1. The number of aromatic nitrogens is 1. The summed E-state index contributed by atoms with van der Waals surface area (Å²) in [7, 11) is 0. The number of halogens is 1. The molecule has 5 nitrogen and oxygen atoms in total. The number of β-amino-alcohol motifs (C(OH)–C–C–N with tert-alkyl or cyclic N) is 1. The van der Waals surface area contributed by atoms with Crippen molar-refractivity contribution < 1.29 is 14.2 Å². The van der Waals surface area contributed by atoms with Gasteiger partial charge in [0.15, 0.2) is 0 Å². The molecule has 2 aliphatic rings. The molecule has 1 saturated heterocycles. The fourth-order valence-electron chi connectivity index (χ4n) is 5.88. The average molecular weight is 498 g/mol. The van der Waals surface area contributed by atoms with Crippen molar-refractivity contribution in [2.45, 2.75) is 25.0 Å². The van der Waals surface area contributed by atoms with Gasteiger partial charge in [0.1, 0.15) is 24.3 Å². The fraction of sp³-hybridized carbons (Fsp3) is 0.323. The first kappa shape index (κ1) is 24.0. The molecule has 1 atom stereocenters. The third-order valence-corrected chi connectivity index (χ3v) is 7.71. The maximum atomic E-state index is 14.3. The van der Waals surface area contributed by atoms with E-state index >= 15 is 0 Å². The Morgan fingerprint density at radius 2 is 1.54 bits per heavy atom. The Bertz CT molecular complexity index is 1330. The Morgan fingerprint density at radius 3 is 2.24 bits per heavy atom. The minimum atomic E-state index is -0.666. The van der Waals surface area contributed by atoms with Gasteiger partial charge in [-0.3, -0.25) is 14.8 Å². The maximum absolute atomic E-state index is 14.3. The van der Waals surface area contributed by atoms with Crippen LogP contribution in [0.2, 0.25) is 0 Å². The molecule has 1 fully saturated rings. The van der Waals surface area contributed by atoms with Gasteiger partial charge in [-0.05, 0) is 53.3 Å². The predicted octanol–water partition coefficient (Wildman–Crippen LogP) is 4.62. The van der Waals surface area contributed by atoms with E-state index in [9.17, 15) is 9.50 Å². The number of rotatable bonds is 6. The molecule has 3 aromatic carbocycles. The van der Waals surface area contributed by atoms with Crippen molar-refractivity contribution in [3.05, 3.63) is 107 Å². The molecule has 0 bridgehead atoms. The third-order valence-electron chi connectivity index (χ3n) is 7.71. The zero-order valence-corrected chi connectivity index (χ0v) is 20.9. The summed E-state index contributed by atoms with van der Waals surface area (Å²) >= 11 is 0. The highest BCUT2D eigenvalue weighted by Crippen LogP contribution is 2.37. The van der Waals surface area contributed by atoms with Gasteiger partial charge < -0.3 is 9.84 Å². The summed E-state index contributed by atoms with van der Waals surface area (Å²) in [5.74, 6) is 0.0468. The largest absolute Gasteiger partial charge is 0.490 e. The van der Waals surface area contributed by atoms with E-state index in [1.165, 1.54) is 34.5 Å². The summed E-state index contributed by atoms with van der Waals surface area (Å²) in [6.45, 7) is 4.26. The molecule has 1 N–H and O–H groups in total. The molecule has 1 aromatic heterocycles. The van der Waals surface area contributed by atoms with Crippen LogP contribution in [0.25, 0.3) is 10.9 Å². The minimum Gasteiger partial charge on any atom is -0.490 e. The van der Waals surface area contributed by atoms with Crippen LogP contribution in [-0.4, -0.2) is 65.3 Å². The topological polar surface area (TPSA) is 48.8 Å². The van der Waals surface area contributed by atoms with E-state index in [4.69, 9.17) is 4.74 Å². The van der Waals surface area contributed by atoms with E-state index in [0.717, 1.165) is 39.0 Å². The number of benzene rings is 3. The average Bonchev–Trinajstić information content (AvgIpc) is 3.09. The summed E-state index contributed by atoms with van der Waals surface area (Å²) in [5.41, 5.74) is 6.28. The Balaban J connectivity index is 1.10. The highest BCUT2D eigenvalue weighted by molar-refractivity contribution is 5.85. The standard InChI is InChI=1S/C31H32FN3O2/c32-27-14-15-33-28-10-5-11-29(30(27)28)37-21-24(36)20-34-16-18-35(19-17-34)31-25-8-3-1-6-22(25)12-13-23-7-2-4-9-26(23)31/h1-11,14-15,24,31,36H,12-13,16-21H2. The Hall–Kier alpha value is -3.32. The monoisotopic (exact) mass is 497 g/mol. The molecule has 1 unspecified atom stereocenters. The summed E-state index contributed by atoms with van der Waals surface area (Å²) in [5, 5.41) is 11.1. The van der Waals surface area contributed by atoms with Gasteiger partial charge in [-0.2, -0.15) is 0 Å². The summed E-state index contributed by atoms with van der Waals surface area (Å²) in [6.07, 6.45) is 2.93. The molecule has 4 aromatic rings. The zero-order chi connectivity index (χ0) is 25.2. The van der Waals surface area contributed by atoms with Crippen LogP contribution in [0.1, 0.15) is 28.3 Å². The lowest BCUT2D eigenvalue weighted by atomic mass is 9.92. The van der Waals surface area contributed by atoms with E-state index in [1.807, 2.05) is 0 Å². The second-order valence-electron chi connectivity index (χ2n) is 10.0. The number of fused-ring (bicyclic) bond motifs is 3. The number of ether oxygens (including phenoxy) is 1. The van der Waals surface area contributed by atoms with Crippen LogP contribution in [0, 0.1) is 5.82 Å². The second-order valence-corrected chi connectivity index (χ2v) is 10.0. The lowest BCUT2D eigenvalue weighted by molar-refractivity contribution is 0.0403. The van der Waals surface area contributed by atoms with E-state index in [0.29, 0.717) is 23.2 Å². The molecule has 6 heteroatoms. The van der Waals surface area contributed by atoms with Gasteiger partial charge in [-0.1, -0.05) is 54.6 Å². The van der Waals surface area contributed by atoms with Crippen LogP contribution >= 0.6 is 0 Å². The van der Waals surface area contributed by atoms with Crippen molar-refractivity contribution >= 4 is 10.9 Å². The number of aryl methyl sites for hydroxylation is 2. The Morgan fingerprint density at radius 1 is 0.865 bits per heavy atom. The fourth-order valence-corrected chi connectivity index (χ4v) is 5.88. The Kier molecular flexibility index (Phi) is 6.87. The SMILES string of the molecule is OC(COc1cccc2nccc(F)c12)CN1CCN(C2c3ccccc3CCc3ccccc32)CC1. The molecule has 0 amide bonds. The van der Waals surface area contributed by atoms with E-state index < -0.39 is 6.10 Å². The quantitative estimate of drug-likeness (QED) is 0.421. The molecule has 0 radical (unpaired) electrons. The van der Waals surface area contributed by atoms with Crippen LogP contribution in [0.4, 0.5) is 4.39 Å². The molecule has 0 spiro atoms. The van der Waals surface area contributed by atoms with Crippen LogP contribution in [0.15, 0.2) is 79.0 Å². The summed E-state index contributed by atoms with van der Waals surface area (Å²) < 4.78 is 20.2. The molecule has 1 aliphatic carbocycles. The first-order chi connectivity index (χ1) is 18.2. The second kappa shape index (κ2) is 10.6. The molecule has 1 aliphatic heterocycles. The molecule has 37 heavy (non-hydrogen) atoms. The van der Waals surface area contributed by atoms with Crippen LogP contribution in [0.3, 0.4) is 0 Å². The van der Waals surface area contributed by atoms with Gasteiger partial charge in [-0.25, -0.2) is 4.39 Å². The van der Waals surface area contributed by atoms with Gasteiger partial charge in [0.25, 0.3) is 0 Å². The van der Waals surface area contributed by atoms with Crippen LogP contribution in [-0.2, 0) is 12.8 Å². The van der Waals surface area contributed by atoms with Gasteiger partial charge in [0.05, 0.1) is 16.9 Å². The summed E-state index contributed by atoms with van der Waals surface area (Å²) in [4.78, 5) is 9.10. The number of nitrogens with zero attached hydrogens (tertiary/aromatic N) is 3. The molecule has 2 heterocycles. The van der Waals surface area contributed by atoms with Crippen molar-refractivity contribution in [3.63, 3.8) is 0 Å². The number of hydrogen-bond donors (Lipinski definition) is 1. The minimum absolute atomic E-state index is 0.108. The van der Waals surface area contributed by atoms with E-state index in [-0.39, 0.29) is 18.5 Å². The maximum Gasteiger partial charge on any atom is 0.137 e. The first-order valence-corrected chi connectivity index (χ1v) is 13.1. The van der Waals surface area contributed by atoms with E-state index in [1.54, 1.807) is 18.2 Å². The van der Waals surface area contributed by atoms with E-state index in [2.05, 4.69) is 63.3 Å². The third kappa shape index (κ3) is 4.97. The van der Waals surface area contributed by atoms with Crippen LogP contribution in [0.5, 0.6) is 5.75 Å². The van der Waals surface area contributed by atoms with Crippen molar-refractivity contribution in [2.75, 3.05) is 39.3 Å². The van der Waals surface area contributed by atoms with Gasteiger partial charge in [0, 0.05) is 38.9 Å². The van der Waals surface area contributed by atoms with Crippen molar-refractivity contribution in [1.82, 2.24) is 14.8 Å². The van der Waals surface area contributed by atoms with Gasteiger partial charge in [0.2, 0.25) is 0 Å². The predicted molar refractivity (Wildman–Crippen MR) is 143 cm³/mol. The highest BCUT2D eigenvalue weighted by atomic mass is 19.1. The highest BCUT2D eigenvalue weighted by Gasteiger charge is 2.31. The molecular formula is C31H32FN3O2. The van der Waals surface area contributed by atoms with Crippen molar-refractivity contribution in [2.24, 2.45) is 0 Å². The van der Waals surface area contributed by atoms with Gasteiger partial charge in [-0.15, -0.1) is 0 Å². The number of piperazine rings is 1. The number of hydrogen-bond acceptors (Lipinski definition) is 5. The molecule has 190 valence electrons. The number of pyridine rings is 1. The van der Waals surface area contributed by atoms with Crippen molar-refractivity contribution in [3.8, 4) is 5.75 Å². The van der Waals surface area contributed by atoms with Crippen LogP contribution < -0.4 is 4.74 Å². The van der Waals surface area contributed by atoms with Gasteiger partial charge >= 0.3 is 0 Å². The zero-order valence-electron chi connectivity index (χ0n) is 20.9. The van der Waals surface area contributed by atoms with Crippen molar-refractivity contribution in [1.29, 1.82) is 0 Å². The summed E-state index contributed by atoms with van der Waals surface area (Å²) in [6, 6.07) is 24.6. The number of aliphatic hydroxyl groups is 1. The smallest absolute Gasteiger partial charge is 0.137 e. The molecular weight excluding hydrogens is 465 g/mol. The molecule has 6 rings (SSSR count). The Labute approximate surface area is 217 Å². The first-order valence-electron chi connectivity index (χ1n) is 13.1. The lowest BCUT2D eigenvalue weighted by Crippen LogP contribution is -2.50. The molecule has 0 saturated carbocycles. The lowest BCUT2D eigenvalue weighted by Gasteiger charge is -2.40. The normalized spacial score (nSPS) is 17.7.